The molecule has 100 valence electrons. The van der Waals surface area contributed by atoms with E-state index in [-0.39, 0.29) is 12.5 Å². The van der Waals surface area contributed by atoms with Crippen molar-refractivity contribution in [3.8, 4) is 0 Å². The molecule has 1 aromatic rings. The molecule has 2 rings (SSSR count). The molecule has 1 saturated heterocycles. The van der Waals surface area contributed by atoms with Crippen LogP contribution in [0.4, 0.5) is 0 Å². The molecule has 1 fully saturated rings. The zero-order chi connectivity index (χ0) is 13.1. The van der Waals surface area contributed by atoms with Crippen molar-refractivity contribution >= 4 is 0 Å². The van der Waals surface area contributed by atoms with E-state index in [0.717, 1.165) is 6.54 Å². The first kappa shape index (κ1) is 13.5. The quantitative estimate of drug-likeness (QED) is 0.715. The van der Waals surface area contributed by atoms with E-state index in [2.05, 4.69) is 29.2 Å². The second-order valence-corrected chi connectivity index (χ2v) is 5.18. The number of hydrogen-bond acceptors (Lipinski definition) is 4. The van der Waals surface area contributed by atoms with Gasteiger partial charge < -0.3 is 15.3 Å². The maximum atomic E-state index is 9.77. The third-order valence-corrected chi connectivity index (χ3v) is 3.58. The summed E-state index contributed by atoms with van der Waals surface area (Å²) >= 11 is 0. The number of nitrogens with zero attached hydrogens (tertiary/aromatic N) is 1. The highest BCUT2D eigenvalue weighted by atomic mass is 16.3. The van der Waals surface area contributed by atoms with Gasteiger partial charge in [-0.05, 0) is 12.5 Å². The van der Waals surface area contributed by atoms with Crippen molar-refractivity contribution in [3.05, 3.63) is 35.4 Å². The summed E-state index contributed by atoms with van der Waals surface area (Å²) in [6, 6.07) is 8.27. The van der Waals surface area contributed by atoms with Gasteiger partial charge in [0.25, 0.3) is 0 Å². The van der Waals surface area contributed by atoms with Crippen molar-refractivity contribution in [2.24, 2.45) is 5.92 Å². The van der Waals surface area contributed by atoms with Crippen LogP contribution in [0.5, 0.6) is 0 Å². The van der Waals surface area contributed by atoms with Gasteiger partial charge in [0.2, 0.25) is 0 Å². The largest absolute Gasteiger partial charge is 0.396 e. The number of piperidine rings is 1. The summed E-state index contributed by atoms with van der Waals surface area (Å²) in [7, 11) is 0. The van der Waals surface area contributed by atoms with Gasteiger partial charge in [-0.2, -0.15) is 0 Å². The number of aliphatic hydroxyl groups is 3. The van der Waals surface area contributed by atoms with Gasteiger partial charge in [-0.3, -0.25) is 4.90 Å². The van der Waals surface area contributed by atoms with E-state index in [1.165, 1.54) is 11.1 Å². The molecule has 3 atom stereocenters. The van der Waals surface area contributed by atoms with E-state index in [1.54, 1.807) is 0 Å². The predicted molar refractivity (Wildman–Crippen MR) is 69.0 cm³/mol. The Kier molecular flexibility index (Phi) is 4.35. The van der Waals surface area contributed by atoms with Gasteiger partial charge in [-0.15, -0.1) is 0 Å². The molecule has 18 heavy (non-hydrogen) atoms. The van der Waals surface area contributed by atoms with Crippen molar-refractivity contribution < 1.29 is 15.3 Å². The molecule has 0 spiro atoms. The molecule has 1 unspecified atom stereocenters. The number of aryl methyl sites for hydroxylation is 1. The Labute approximate surface area is 107 Å². The third kappa shape index (κ3) is 3.09. The molecular formula is C14H21NO3. The van der Waals surface area contributed by atoms with Gasteiger partial charge in [0.1, 0.15) is 0 Å². The van der Waals surface area contributed by atoms with Gasteiger partial charge >= 0.3 is 0 Å². The Hall–Kier alpha value is -0.940. The predicted octanol–water partition coefficient (Wildman–Crippen LogP) is 0.141. The van der Waals surface area contributed by atoms with Crippen molar-refractivity contribution in [1.29, 1.82) is 0 Å². The molecule has 0 aliphatic carbocycles. The first-order valence-corrected chi connectivity index (χ1v) is 6.35. The van der Waals surface area contributed by atoms with Crippen LogP contribution in [0, 0.1) is 12.8 Å². The lowest BCUT2D eigenvalue weighted by Gasteiger charge is -2.38. The topological polar surface area (TPSA) is 63.9 Å². The lowest BCUT2D eigenvalue weighted by Crippen LogP contribution is -2.53. The Morgan fingerprint density at radius 1 is 1.17 bits per heavy atom. The van der Waals surface area contributed by atoms with Crippen LogP contribution in [0.25, 0.3) is 0 Å². The summed E-state index contributed by atoms with van der Waals surface area (Å²) in [4.78, 5) is 2.07. The smallest absolute Gasteiger partial charge is 0.0929 e. The minimum absolute atomic E-state index is 0.0946. The average Bonchev–Trinajstić information content (AvgIpc) is 2.36. The Morgan fingerprint density at radius 2 is 1.83 bits per heavy atom. The summed E-state index contributed by atoms with van der Waals surface area (Å²) in [5.41, 5.74) is 2.40. The van der Waals surface area contributed by atoms with Crippen LogP contribution in [0.1, 0.15) is 11.1 Å². The summed E-state index contributed by atoms with van der Waals surface area (Å²) in [6.45, 7) is 3.75. The minimum Gasteiger partial charge on any atom is -0.396 e. The van der Waals surface area contributed by atoms with E-state index >= 15 is 0 Å². The summed E-state index contributed by atoms with van der Waals surface area (Å²) in [5, 5.41) is 28.7. The van der Waals surface area contributed by atoms with Gasteiger partial charge in [0, 0.05) is 32.2 Å². The Balaban J connectivity index is 1.99. The van der Waals surface area contributed by atoms with Gasteiger partial charge in [0.15, 0.2) is 0 Å². The molecule has 4 nitrogen and oxygen atoms in total. The SMILES string of the molecule is Cc1ccc(CN2C[C@H](CO)C(O)[C@H](O)C2)cc1. The first-order chi connectivity index (χ1) is 8.60. The maximum absolute atomic E-state index is 9.77. The molecule has 0 aromatic heterocycles. The molecule has 1 aromatic carbocycles. The van der Waals surface area contributed by atoms with Crippen LogP contribution in [0.15, 0.2) is 24.3 Å². The van der Waals surface area contributed by atoms with E-state index in [0.29, 0.717) is 13.1 Å². The second kappa shape index (κ2) is 5.80. The van der Waals surface area contributed by atoms with Crippen LogP contribution in [0.3, 0.4) is 0 Å². The number of rotatable bonds is 3. The van der Waals surface area contributed by atoms with Crippen LogP contribution in [0.2, 0.25) is 0 Å². The molecule has 1 aliphatic heterocycles. The number of benzene rings is 1. The zero-order valence-electron chi connectivity index (χ0n) is 10.7. The lowest BCUT2D eigenvalue weighted by atomic mass is 9.93. The Morgan fingerprint density at radius 3 is 2.44 bits per heavy atom. The fourth-order valence-electron chi connectivity index (χ4n) is 2.45. The number of likely N-dealkylation sites (tertiary alicyclic amines) is 1. The molecule has 0 saturated carbocycles. The van der Waals surface area contributed by atoms with E-state index < -0.39 is 12.2 Å². The Bertz CT molecular complexity index is 379. The monoisotopic (exact) mass is 251 g/mol. The summed E-state index contributed by atoms with van der Waals surface area (Å²) in [6.07, 6.45) is -1.59. The third-order valence-electron chi connectivity index (χ3n) is 3.58. The normalized spacial score (nSPS) is 29.4. The fourth-order valence-corrected chi connectivity index (χ4v) is 2.45. The van der Waals surface area contributed by atoms with Crippen molar-refractivity contribution in [2.75, 3.05) is 19.7 Å². The van der Waals surface area contributed by atoms with Crippen LogP contribution >= 0.6 is 0 Å². The number of hydrogen-bond donors (Lipinski definition) is 3. The number of aliphatic hydroxyl groups excluding tert-OH is 3. The highest BCUT2D eigenvalue weighted by Gasteiger charge is 2.33. The van der Waals surface area contributed by atoms with E-state index in [4.69, 9.17) is 0 Å². The van der Waals surface area contributed by atoms with Crippen LogP contribution < -0.4 is 0 Å². The molecule has 3 N–H and O–H groups in total. The zero-order valence-corrected chi connectivity index (χ0v) is 10.7. The molecule has 4 heteroatoms. The first-order valence-electron chi connectivity index (χ1n) is 6.35. The fraction of sp³-hybridized carbons (Fsp3) is 0.571. The van der Waals surface area contributed by atoms with Crippen LogP contribution in [-0.4, -0.2) is 52.1 Å². The molecule has 0 bridgehead atoms. The highest BCUT2D eigenvalue weighted by molar-refractivity contribution is 5.21. The standard InChI is InChI=1S/C14H21NO3/c1-10-2-4-11(5-3-10)6-15-7-12(9-16)14(18)13(17)8-15/h2-5,12-14,16-18H,6-9H2,1H3/t12-,13-,14?/m1/s1. The second-order valence-electron chi connectivity index (χ2n) is 5.18. The van der Waals surface area contributed by atoms with Crippen molar-refractivity contribution in [3.63, 3.8) is 0 Å². The lowest BCUT2D eigenvalue weighted by molar-refractivity contribution is -0.0879. The molecule has 1 heterocycles. The molecule has 0 amide bonds. The summed E-state index contributed by atoms with van der Waals surface area (Å²) in [5.74, 6) is -0.265. The molecule has 1 aliphatic rings. The van der Waals surface area contributed by atoms with Crippen LogP contribution in [-0.2, 0) is 6.54 Å². The van der Waals surface area contributed by atoms with Gasteiger partial charge in [-0.25, -0.2) is 0 Å². The maximum Gasteiger partial charge on any atom is 0.0929 e. The van der Waals surface area contributed by atoms with Gasteiger partial charge in [-0.1, -0.05) is 29.8 Å². The highest BCUT2D eigenvalue weighted by Crippen LogP contribution is 2.19. The van der Waals surface area contributed by atoms with Crippen molar-refractivity contribution in [2.45, 2.75) is 25.7 Å². The van der Waals surface area contributed by atoms with Crippen molar-refractivity contribution in [1.82, 2.24) is 4.90 Å². The summed E-state index contributed by atoms with van der Waals surface area (Å²) < 4.78 is 0. The molecule has 0 radical (unpaired) electrons. The molecular weight excluding hydrogens is 230 g/mol. The number of β-amino-alcohol motifs (C(OH)–C–C–N with tert-alkyl or cyclic N) is 1. The minimum atomic E-state index is -0.815. The van der Waals surface area contributed by atoms with E-state index in [9.17, 15) is 15.3 Å². The van der Waals surface area contributed by atoms with E-state index in [1.807, 2.05) is 6.92 Å². The van der Waals surface area contributed by atoms with Gasteiger partial charge in [0.05, 0.1) is 12.2 Å². The average molecular weight is 251 g/mol.